The van der Waals surface area contributed by atoms with Crippen molar-refractivity contribution in [2.75, 3.05) is 13.2 Å². The molecule has 21 heavy (non-hydrogen) atoms. The van der Waals surface area contributed by atoms with Gasteiger partial charge in [0.2, 0.25) is 0 Å². The SMILES string of the molecule is CC(=O)OC[C@@H]1CCCN1C(=O)Oc1ccc(C=O)cc1. The normalized spacial score (nSPS) is 17.4. The van der Waals surface area contributed by atoms with Crippen molar-refractivity contribution < 1.29 is 23.9 Å². The Morgan fingerprint density at radius 3 is 2.67 bits per heavy atom. The molecule has 1 fully saturated rings. The van der Waals surface area contributed by atoms with Crippen molar-refractivity contribution in [2.45, 2.75) is 25.8 Å². The van der Waals surface area contributed by atoms with Gasteiger partial charge in [-0.25, -0.2) is 4.79 Å². The molecule has 0 spiro atoms. The van der Waals surface area contributed by atoms with Gasteiger partial charge in [-0.2, -0.15) is 0 Å². The predicted octanol–water partition coefficient (Wildman–Crippen LogP) is 2.03. The third-order valence-electron chi connectivity index (χ3n) is 3.31. The van der Waals surface area contributed by atoms with Crippen molar-refractivity contribution in [2.24, 2.45) is 0 Å². The van der Waals surface area contributed by atoms with Gasteiger partial charge >= 0.3 is 12.1 Å². The molecule has 1 aromatic rings. The van der Waals surface area contributed by atoms with E-state index in [4.69, 9.17) is 9.47 Å². The topological polar surface area (TPSA) is 72.9 Å². The number of carbonyl (C=O) groups is 3. The van der Waals surface area contributed by atoms with Gasteiger partial charge in [-0.15, -0.1) is 0 Å². The van der Waals surface area contributed by atoms with Gasteiger partial charge in [0.05, 0.1) is 6.04 Å². The highest BCUT2D eigenvalue weighted by Gasteiger charge is 2.30. The van der Waals surface area contributed by atoms with Crippen LogP contribution in [0.5, 0.6) is 5.75 Å². The molecule has 2 rings (SSSR count). The van der Waals surface area contributed by atoms with E-state index in [0.717, 1.165) is 19.1 Å². The van der Waals surface area contributed by atoms with E-state index in [1.807, 2.05) is 0 Å². The minimum absolute atomic E-state index is 0.143. The van der Waals surface area contributed by atoms with E-state index >= 15 is 0 Å². The minimum Gasteiger partial charge on any atom is -0.464 e. The number of hydrogen-bond acceptors (Lipinski definition) is 5. The Morgan fingerprint density at radius 2 is 2.05 bits per heavy atom. The van der Waals surface area contributed by atoms with Gasteiger partial charge in [0, 0.05) is 19.0 Å². The summed E-state index contributed by atoms with van der Waals surface area (Å²) in [4.78, 5) is 35.1. The summed E-state index contributed by atoms with van der Waals surface area (Å²) in [7, 11) is 0. The number of rotatable bonds is 4. The standard InChI is InChI=1S/C15H17NO5/c1-11(18)20-10-13-3-2-8-16(13)15(19)21-14-6-4-12(9-17)5-7-14/h4-7,9,13H,2-3,8,10H2,1H3/t13-/m0/s1. The summed E-state index contributed by atoms with van der Waals surface area (Å²) in [5.41, 5.74) is 0.517. The van der Waals surface area contributed by atoms with Crippen molar-refractivity contribution in [3.63, 3.8) is 0 Å². The number of carbonyl (C=O) groups excluding carboxylic acids is 3. The molecule has 1 aliphatic rings. The smallest absolute Gasteiger partial charge is 0.415 e. The number of likely N-dealkylation sites (tertiary alicyclic amines) is 1. The maximum Gasteiger partial charge on any atom is 0.415 e. The lowest BCUT2D eigenvalue weighted by Crippen LogP contribution is -2.40. The van der Waals surface area contributed by atoms with Gasteiger partial charge < -0.3 is 14.4 Å². The summed E-state index contributed by atoms with van der Waals surface area (Å²) < 4.78 is 10.2. The lowest BCUT2D eigenvalue weighted by molar-refractivity contribution is -0.142. The molecule has 1 atom stereocenters. The van der Waals surface area contributed by atoms with E-state index in [2.05, 4.69) is 0 Å². The van der Waals surface area contributed by atoms with E-state index in [0.29, 0.717) is 17.9 Å². The average Bonchev–Trinajstić information content (AvgIpc) is 2.94. The Labute approximate surface area is 122 Å². The first-order valence-corrected chi connectivity index (χ1v) is 6.77. The Hall–Kier alpha value is -2.37. The monoisotopic (exact) mass is 291 g/mol. The third-order valence-corrected chi connectivity index (χ3v) is 3.31. The lowest BCUT2D eigenvalue weighted by atomic mass is 10.2. The molecule has 6 nitrogen and oxygen atoms in total. The first-order chi connectivity index (χ1) is 10.1. The molecule has 1 aliphatic heterocycles. The average molecular weight is 291 g/mol. The quantitative estimate of drug-likeness (QED) is 0.627. The third kappa shape index (κ3) is 4.05. The predicted molar refractivity (Wildman–Crippen MR) is 74.2 cm³/mol. The van der Waals surface area contributed by atoms with Crippen LogP contribution in [0.4, 0.5) is 4.79 Å². The molecule has 0 saturated carbocycles. The fourth-order valence-electron chi connectivity index (χ4n) is 2.24. The van der Waals surface area contributed by atoms with Crippen LogP contribution in [-0.2, 0) is 9.53 Å². The molecular formula is C15H17NO5. The second kappa shape index (κ2) is 6.88. The molecule has 1 saturated heterocycles. The van der Waals surface area contributed by atoms with E-state index in [1.165, 1.54) is 6.92 Å². The van der Waals surface area contributed by atoms with Crippen LogP contribution >= 0.6 is 0 Å². The molecule has 1 heterocycles. The first kappa shape index (κ1) is 15.0. The van der Waals surface area contributed by atoms with Crippen molar-refractivity contribution >= 4 is 18.3 Å². The minimum atomic E-state index is -0.469. The fraction of sp³-hybridized carbons (Fsp3) is 0.400. The number of amides is 1. The highest BCUT2D eigenvalue weighted by molar-refractivity contribution is 5.76. The Kier molecular flexibility index (Phi) is 4.92. The van der Waals surface area contributed by atoms with Crippen LogP contribution < -0.4 is 4.74 Å². The summed E-state index contributed by atoms with van der Waals surface area (Å²) in [5, 5.41) is 0. The highest BCUT2D eigenvalue weighted by Crippen LogP contribution is 2.20. The number of ether oxygens (including phenoxy) is 2. The highest BCUT2D eigenvalue weighted by atomic mass is 16.6. The van der Waals surface area contributed by atoms with Crippen LogP contribution in [0.15, 0.2) is 24.3 Å². The van der Waals surface area contributed by atoms with E-state index < -0.39 is 6.09 Å². The van der Waals surface area contributed by atoms with Crippen LogP contribution in [0.3, 0.4) is 0 Å². The van der Waals surface area contributed by atoms with E-state index in [9.17, 15) is 14.4 Å². The summed E-state index contributed by atoms with van der Waals surface area (Å²) in [6.07, 6.45) is 1.89. The number of aldehydes is 1. The summed E-state index contributed by atoms with van der Waals surface area (Å²) in [5.74, 6) is 0.0170. The van der Waals surface area contributed by atoms with Gasteiger partial charge in [-0.05, 0) is 37.1 Å². The van der Waals surface area contributed by atoms with Gasteiger partial charge in [0.15, 0.2) is 0 Å². The molecule has 1 aromatic carbocycles. The zero-order chi connectivity index (χ0) is 15.2. The van der Waals surface area contributed by atoms with Gasteiger partial charge in [-0.3, -0.25) is 9.59 Å². The van der Waals surface area contributed by atoms with E-state index in [1.54, 1.807) is 29.2 Å². The van der Waals surface area contributed by atoms with Gasteiger partial charge in [0.25, 0.3) is 0 Å². The molecule has 0 unspecified atom stereocenters. The molecule has 0 bridgehead atoms. The molecular weight excluding hydrogens is 274 g/mol. The Balaban J connectivity index is 1.94. The fourth-order valence-corrected chi connectivity index (χ4v) is 2.24. The van der Waals surface area contributed by atoms with Gasteiger partial charge in [0.1, 0.15) is 18.6 Å². The second-order valence-electron chi connectivity index (χ2n) is 4.85. The molecule has 0 aliphatic carbocycles. The molecule has 112 valence electrons. The summed E-state index contributed by atoms with van der Waals surface area (Å²) in [6.45, 7) is 2.11. The molecule has 1 amide bonds. The number of nitrogens with zero attached hydrogens (tertiary/aromatic N) is 1. The maximum atomic E-state index is 12.1. The molecule has 0 aromatic heterocycles. The van der Waals surface area contributed by atoms with Crippen molar-refractivity contribution in [1.82, 2.24) is 4.90 Å². The van der Waals surface area contributed by atoms with Crippen molar-refractivity contribution in [3.05, 3.63) is 29.8 Å². The van der Waals surface area contributed by atoms with E-state index in [-0.39, 0.29) is 18.6 Å². The Bertz CT molecular complexity index is 525. The number of esters is 1. The zero-order valence-electron chi connectivity index (χ0n) is 11.8. The largest absolute Gasteiger partial charge is 0.464 e. The number of hydrogen-bond donors (Lipinski definition) is 0. The van der Waals surface area contributed by atoms with Crippen LogP contribution in [0.25, 0.3) is 0 Å². The maximum absolute atomic E-state index is 12.1. The Morgan fingerprint density at radius 1 is 1.33 bits per heavy atom. The zero-order valence-corrected chi connectivity index (χ0v) is 11.8. The van der Waals surface area contributed by atoms with Crippen LogP contribution in [0.2, 0.25) is 0 Å². The second-order valence-corrected chi connectivity index (χ2v) is 4.85. The van der Waals surface area contributed by atoms with Crippen molar-refractivity contribution in [1.29, 1.82) is 0 Å². The first-order valence-electron chi connectivity index (χ1n) is 6.77. The van der Waals surface area contributed by atoms with Crippen LogP contribution in [0.1, 0.15) is 30.1 Å². The summed E-state index contributed by atoms with van der Waals surface area (Å²) in [6, 6.07) is 6.15. The molecule has 0 N–H and O–H groups in total. The lowest BCUT2D eigenvalue weighted by Gasteiger charge is -2.23. The molecule has 0 radical (unpaired) electrons. The van der Waals surface area contributed by atoms with Crippen LogP contribution in [-0.4, -0.2) is 42.4 Å². The number of benzene rings is 1. The van der Waals surface area contributed by atoms with Crippen molar-refractivity contribution in [3.8, 4) is 5.75 Å². The molecule has 6 heteroatoms. The summed E-state index contributed by atoms with van der Waals surface area (Å²) >= 11 is 0. The van der Waals surface area contributed by atoms with Gasteiger partial charge in [-0.1, -0.05) is 0 Å². The van der Waals surface area contributed by atoms with Crippen LogP contribution in [0, 0.1) is 0 Å².